The first-order chi connectivity index (χ1) is 6.58. The van der Waals surface area contributed by atoms with Crippen molar-refractivity contribution < 1.29 is 12.6 Å². The van der Waals surface area contributed by atoms with Crippen molar-refractivity contribution in [2.45, 2.75) is 38.5 Å². The Morgan fingerprint density at radius 2 is 2.21 bits per heavy atom. The van der Waals surface area contributed by atoms with Gasteiger partial charge in [0.1, 0.15) is 0 Å². The molecule has 0 saturated heterocycles. The van der Waals surface area contributed by atoms with Crippen LogP contribution in [0.1, 0.15) is 38.5 Å². The summed E-state index contributed by atoms with van der Waals surface area (Å²) in [5.74, 6) is 0. The van der Waals surface area contributed by atoms with Crippen molar-refractivity contribution in [3.05, 3.63) is 11.6 Å². The maximum absolute atomic E-state index is 10.6. The van der Waals surface area contributed by atoms with E-state index in [-0.39, 0.29) is 0 Å². The van der Waals surface area contributed by atoms with Crippen LogP contribution in [-0.2, 0) is 14.3 Å². The van der Waals surface area contributed by atoms with E-state index in [2.05, 4.69) is 10.3 Å². The number of rotatable bonds is 5. The summed E-state index contributed by atoms with van der Waals surface area (Å²) in [5, 5.41) is 0. The molecule has 4 heteroatoms. The van der Waals surface area contributed by atoms with Crippen molar-refractivity contribution in [1.82, 2.24) is 0 Å². The van der Waals surface area contributed by atoms with Crippen molar-refractivity contribution in [3.8, 4) is 0 Å². The van der Waals surface area contributed by atoms with Crippen LogP contribution >= 0.6 is 0 Å². The van der Waals surface area contributed by atoms with E-state index in [1.54, 1.807) is 0 Å². The second-order valence-corrected chi connectivity index (χ2v) is 5.38. The van der Waals surface area contributed by atoms with E-state index >= 15 is 0 Å². The van der Waals surface area contributed by atoms with Crippen LogP contribution in [0.4, 0.5) is 0 Å². The van der Waals surface area contributed by atoms with Gasteiger partial charge >= 0.3 is 0 Å². The second-order valence-electron chi connectivity index (χ2n) is 3.74. The lowest BCUT2D eigenvalue weighted by Gasteiger charge is -2.11. The molecule has 0 aromatic rings. The predicted octanol–water partition coefficient (Wildman–Crippen LogP) is 2.24. The van der Waals surface area contributed by atoms with Crippen molar-refractivity contribution in [3.63, 3.8) is 0 Å². The van der Waals surface area contributed by atoms with Crippen LogP contribution in [0.2, 0.25) is 0 Å². The summed E-state index contributed by atoms with van der Waals surface area (Å²) in [6, 6.07) is 0. The Hall–Kier alpha value is -0.350. The fourth-order valence-electron chi connectivity index (χ4n) is 1.64. The monoisotopic (exact) mass is 218 g/mol. The molecule has 0 spiro atoms. The molecule has 0 atom stereocenters. The third-order valence-electron chi connectivity index (χ3n) is 2.32. The van der Waals surface area contributed by atoms with E-state index in [4.69, 9.17) is 0 Å². The Morgan fingerprint density at radius 3 is 2.79 bits per heavy atom. The molecule has 0 saturated carbocycles. The molecule has 3 nitrogen and oxygen atoms in total. The smallest absolute Gasteiger partial charge is 0.264 e. The van der Waals surface area contributed by atoms with Gasteiger partial charge in [-0.25, -0.2) is 0 Å². The fourth-order valence-corrected chi connectivity index (χ4v) is 2.06. The van der Waals surface area contributed by atoms with Gasteiger partial charge in [0.2, 0.25) is 0 Å². The minimum atomic E-state index is -3.25. The van der Waals surface area contributed by atoms with Gasteiger partial charge in [-0.3, -0.25) is 4.18 Å². The van der Waals surface area contributed by atoms with Crippen molar-refractivity contribution in [2.24, 2.45) is 0 Å². The molecule has 0 radical (unpaired) electrons. The number of hydrogen-bond donors (Lipinski definition) is 0. The molecule has 1 rings (SSSR count). The molecule has 0 heterocycles. The Bertz CT molecular complexity index is 290. The van der Waals surface area contributed by atoms with E-state index in [0.29, 0.717) is 6.61 Å². The normalized spacial score (nSPS) is 17.9. The molecular weight excluding hydrogens is 200 g/mol. The first-order valence-corrected chi connectivity index (χ1v) is 6.92. The summed E-state index contributed by atoms with van der Waals surface area (Å²) in [5.41, 5.74) is 1.47. The molecule has 0 amide bonds. The second kappa shape index (κ2) is 5.51. The summed E-state index contributed by atoms with van der Waals surface area (Å²) < 4.78 is 26.0. The van der Waals surface area contributed by atoms with Crippen molar-refractivity contribution >= 4 is 10.1 Å². The molecule has 0 aromatic heterocycles. The van der Waals surface area contributed by atoms with Gasteiger partial charge in [0, 0.05) is 0 Å². The molecule has 0 N–H and O–H groups in total. The average Bonchev–Trinajstić information content (AvgIpc) is 2.13. The van der Waals surface area contributed by atoms with Crippen molar-refractivity contribution in [2.75, 3.05) is 12.9 Å². The molecule has 14 heavy (non-hydrogen) atoms. The zero-order valence-electron chi connectivity index (χ0n) is 8.66. The number of allylic oxidation sites excluding steroid dienone is 2. The molecule has 1 aliphatic rings. The van der Waals surface area contributed by atoms with E-state index in [9.17, 15) is 8.42 Å². The summed E-state index contributed by atoms with van der Waals surface area (Å²) >= 11 is 0. The lowest BCUT2D eigenvalue weighted by atomic mass is 9.96. The minimum Gasteiger partial charge on any atom is -0.270 e. The predicted molar refractivity (Wildman–Crippen MR) is 56.6 cm³/mol. The van der Waals surface area contributed by atoms with Crippen LogP contribution in [0.15, 0.2) is 11.6 Å². The Labute approximate surface area is 86.3 Å². The largest absolute Gasteiger partial charge is 0.270 e. The van der Waals surface area contributed by atoms with Crippen LogP contribution < -0.4 is 0 Å². The van der Waals surface area contributed by atoms with Gasteiger partial charge in [0.25, 0.3) is 10.1 Å². The van der Waals surface area contributed by atoms with E-state index in [1.165, 1.54) is 31.3 Å². The summed E-state index contributed by atoms with van der Waals surface area (Å²) in [6.45, 7) is 0.316. The molecule has 0 unspecified atom stereocenters. The minimum absolute atomic E-state index is 0.316. The standard InChI is InChI=1S/C10H18O3S/c1-14(11,12)13-9-5-8-10-6-3-2-4-7-10/h6H,2-5,7-9H2,1H3. The first-order valence-electron chi connectivity index (χ1n) is 5.10. The quantitative estimate of drug-likeness (QED) is 0.404. The SMILES string of the molecule is CS(=O)(=O)OCCCC1=CCCCC1. The topological polar surface area (TPSA) is 43.4 Å². The highest BCUT2D eigenvalue weighted by Crippen LogP contribution is 2.21. The molecule has 0 fully saturated rings. The summed E-state index contributed by atoms with van der Waals surface area (Å²) in [7, 11) is -3.25. The van der Waals surface area contributed by atoms with Gasteiger partial charge in [-0.15, -0.1) is 0 Å². The van der Waals surface area contributed by atoms with Crippen LogP contribution in [0.5, 0.6) is 0 Å². The van der Waals surface area contributed by atoms with E-state index in [1.807, 2.05) is 0 Å². The molecule has 0 bridgehead atoms. The highest BCUT2D eigenvalue weighted by atomic mass is 32.2. The van der Waals surface area contributed by atoms with Gasteiger partial charge in [0.05, 0.1) is 12.9 Å². The molecule has 82 valence electrons. The molecule has 0 aromatic carbocycles. The zero-order chi connectivity index (χ0) is 10.4. The van der Waals surface area contributed by atoms with Gasteiger partial charge < -0.3 is 0 Å². The van der Waals surface area contributed by atoms with E-state index < -0.39 is 10.1 Å². The Kier molecular flexibility index (Phi) is 4.62. The van der Waals surface area contributed by atoms with Crippen LogP contribution in [-0.4, -0.2) is 21.3 Å². The van der Waals surface area contributed by atoms with Gasteiger partial charge in [0.15, 0.2) is 0 Å². The number of hydrogen-bond acceptors (Lipinski definition) is 3. The highest BCUT2D eigenvalue weighted by Gasteiger charge is 2.05. The lowest BCUT2D eigenvalue weighted by Crippen LogP contribution is -2.04. The third kappa shape index (κ3) is 5.40. The van der Waals surface area contributed by atoms with Gasteiger partial charge in [-0.1, -0.05) is 11.6 Å². The summed E-state index contributed by atoms with van der Waals surface area (Å²) in [6.07, 6.45) is 10.1. The maximum Gasteiger partial charge on any atom is 0.264 e. The highest BCUT2D eigenvalue weighted by molar-refractivity contribution is 7.85. The fraction of sp³-hybridized carbons (Fsp3) is 0.800. The molecular formula is C10H18O3S. The molecule has 1 aliphatic carbocycles. The first kappa shape index (κ1) is 11.7. The maximum atomic E-state index is 10.6. The van der Waals surface area contributed by atoms with Gasteiger partial charge in [-0.2, -0.15) is 8.42 Å². The Morgan fingerprint density at radius 1 is 1.43 bits per heavy atom. The molecule has 0 aliphatic heterocycles. The van der Waals surface area contributed by atoms with Gasteiger partial charge in [-0.05, 0) is 38.5 Å². The third-order valence-corrected chi connectivity index (χ3v) is 2.92. The summed E-state index contributed by atoms with van der Waals surface area (Å²) in [4.78, 5) is 0. The van der Waals surface area contributed by atoms with Crippen LogP contribution in [0.25, 0.3) is 0 Å². The zero-order valence-corrected chi connectivity index (χ0v) is 9.48. The van der Waals surface area contributed by atoms with E-state index in [0.717, 1.165) is 19.1 Å². The average molecular weight is 218 g/mol. The van der Waals surface area contributed by atoms with Crippen LogP contribution in [0.3, 0.4) is 0 Å². The van der Waals surface area contributed by atoms with Crippen molar-refractivity contribution in [1.29, 1.82) is 0 Å². The lowest BCUT2D eigenvalue weighted by molar-refractivity contribution is 0.315. The Balaban J connectivity index is 2.12. The van der Waals surface area contributed by atoms with Crippen LogP contribution in [0, 0.1) is 0 Å².